The molecule has 0 radical (unpaired) electrons. The fourth-order valence-electron chi connectivity index (χ4n) is 2.90. The fraction of sp³-hybridized carbons (Fsp3) is 0.400. The lowest BCUT2D eigenvalue weighted by Crippen LogP contribution is -2.35. The third kappa shape index (κ3) is 5.10. The number of benzene rings is 2. The summed E-state index contributed by atoms with van der Waals surface area (Å²) in [6, 6.07) is 13.4. The van der Waals surface area contributed by atoms with Gasteiger partial charge < -0.3 is 19.3 Å². The first kappa shape index (κ1) is 19.0. The topological polar surface area (TPSA) is 91.1 Å². The Kier molecular flexibility index (Phi) is 6.13. The van der Waals surface area contributed by atoms with Gasteiger partial charge in [0.05, 0.1) is 11.0 Å². The molecular weight excluding hydrogens is 350 g/mol. The first-order valence-corrected chi connectivity index (χ1v) is 8.96. The van der Waals surface area contributed by atoms with Crippen LogP contribution in [0.3, 0.4) is 0 Å². The number of hydrogen-bond donors (Lipinski definition) is 1. The third-order valence-electron chi connectivity index (χ3n) is 4.61. The summed E-state index contributed by atoms with van der Waals surface area (Å²) in [7, 11) is 0. The van der Waals surface area contributed by atoms with Gasteiger partial charge >= 0.3 is 0 Å². The zero-order valence-electron chi connectivity index (χ0n) is 15.1. The summed E-state index contributed by atoms with van der Waals surface area (Å²) in [4.78, 5) is 10.2. The van der Waals surface area contributed by atoms with Crippen molar-refractivity contribution < 1.29 is 24.2 Å². The average molecular weight is 373 g/mol. The van der Waals surface area contributed by atoms with Gasteiger partial charge in [0.15, 0.2) is 11.5 Å². The van der Waals surface area contributed by atoms with Crippen LogP contribution in [0.25, 0.3) is 0 Å². The lowest BCUT2D eigenvalue weighted by atomic mass is 9.97. The molecule has 0 amide bonds. The van der Waals surface area contributed by atoms with Crippen LogP contribution in [0.15, 0.2) is 48.5 Å². The number of aliphatic hydroxyl groups is 1. The predicted molar refractivity (Wildman–Crippen MR) is 99.3 cm³/mol. The molecule has 0 aliphatic carbocycles. The summed E-state index contributed by atoms with van der Waals surface area (Å²) >= 11 is 0. The number of nitro groups is 1. The van der Waals surface area contributed by atoms with Crippen molar-refractivity contribution in [1.29, 1.82) is 0 Å². The number of non-ortho nitro benzene ring substituents is 1. The number of fused-ring (bicyclic) bond motifs is 1. The van der Waals surface area contributed by atoms with Crippen LogP contribution < -0.4 is 14.2 Å². The van der Waals surface area contributed by atoms with E-state index < -0.39 is 11.0 Å². The van der Waals surface area contributed by atoms with Crippen molar-refractivity contribution in [3.63, 3.8) is 0 Å². The molecule has 0 fully saturated rings. The van der Waals surface area contributed by atoms with Crippen molar-refractivity contribution >= 4 is 5.69 Å². The molecule has 3 unspecified atom stereocenters. The number of nitro benzene ring substituents is 1. The van der Waals surface area contributed by atoms with E-state index in [-0.39, 0.29) is 24.3 Å². The van der Waals surface area contributed by atoms with Gasteiger partial charge in [-0.05, 0) is 43.0 Å². The van der Waals surface area contributed by atoms with Crippen LogP contribution in [0, 0.1) is 16.0 Å². The molecule has 0 bridgehead atoms. The number of aliphatic hydroxyl groups excluding tert-OH is 1. The Morgan fingerprint density at radius 3 is 2.59 bits per heavy atom. The van der Waals surface area contributed by atoms with Gasteiger partial charge in [0.1, 0.15) is 25.1 Å². The van der Waals surface area contributed by atoms with E-state index in [1.165, 1.54) is 24.3 Å². The van der Waals surface area contributed by atoms with Crippen LogP contribution in [0.4, 0.5) is 5.69 Å². The number of nitrogens with zero attached hydrogens (tertiary/aromatic N) is 1. The monoisotopic (exact) mass is 373 g/mol. The number of rotatable bonds is 8. The van der Waals surface area contributed by atoms with Gasteiger partial charge in [-0.1, -0.05) is 19.1 Å². The van der Waals surface area contributed by atoms with Crippen molar-refractivity contribution in [3.8, 4) is 17.2 Å². The van der Waals surface area contributed by atoms with Crippen molar-refractivity contribution in [1.82, 2.24) is 0 Å². The molecule has 0 saturated heterocycles. The highest BCUT2D eigenvalue weighted by molar-refractivity contribution is 5.40. The van der Waals surface area contributed by atoms with E-state index in [4.69, 9.17) is 14.2 Å². The molecule has 0 saturated carbocycles. The summed E-state index contributed by atoms with van der Waals surface area (Å²) < 4.78 is 17.2. The first-order valence-electron chi connectivity index (χ1n) is 8.96. The highest BCUT2D eigenvalue weighted by Crippen LogP contribution is 2.33. The molecule has 7 heteroatoms. The maximum Gasteiger partial charge on any atom is 0.269 e. The van der Waals surface area contributed by atoms with Crippen molar-refractivity contribution in [3.05, 3.63) is 58.6 Å². The van der Waals surface area contributed by atoms with E-state index in [0.29, 0.717) is 18.8 Å². The Hall–Kier alpha value is -2.80. The maximum absolute atomic E-state index is 10.6. The second-order valence-electron chi connectivity index (χ2n) is 6.68. The van der Waals surface area contributed by atoms with Gasteiger partial charge in [0.25, 0.3) is 5.69 Å². The number of ether oxygens (including phenoxy) is 3. The van der Waals surface area contributed by atoms with Crippen molar-refractivity contribution in [2.24, 2.45) is 5.92 Å². The normalized spacial score (nSPS) is 17.8. The van der Waals surface area contributed by atoms with E-state index in [1.807, 2.05) is 24.3 Å². The van der Waals surface area contributed by atoms with E-state index in [9.17, 15) is 15.2 Å². The van der Waals surface area contributed by atoms with Gasteiger partial charge in [-0.25, -0.2) is 0 Å². The van der Waals surface area contributed by atoms with Crippen molar-refractivity contribution in [2.75, 3.05) is 13.2 Å². The van der Waals surface area contributed by atoms with Crippen LogP contribution in [0.2, 0.25) is 0 Å². The Bertz CT molecular complexity index is 763. The lowest BCUT2D eigenvalue weighted by molar-refractivity contribution is -0.384. The Labute approximate surface area is 157 Å². The standard InChI is InChI=1S/C20H23NO6/c1-14(20-13-26-18-4-2-3-5-19(18)27-20)6-9-16(22)12-25-17-10-7-15(8-11-17)21(23)24/h2-5,7-8,10-11,14,16,20,22H,6,9,12-13H2,1H3. The van der Waals surface area contributed by atoms with Crippen LogP contribution in [-0.2, 0) is 0 Å². The van der Waals surface area contributed by atoms with Gasteiger partial charge in [0, 0.05) is 12.1 Å². The number of hydrogen-bond acceptors (Lipinski definition) is 6. The fourth-order valence-corrected chi connectivity index (χ4v) is 2.90. The average Bonchev–Trinajstić information content (AvgIpc) is 2.70. The zero-order valence-corrected chi connectivity index (χ0v) is 15.1. The first-order chi connectivity index (χ1) is 13.0. The summed E-state index contributed by atoms with van der Waals surface area (Å²) in [5.41, 5.74) is 0.00741. The van der Waals surface area contributed by atoms with Gasteiger partial charge in [0.2, 0.25) is 0 Å². The molecule has 1 N–H and O–H groups in total. The molecule has 0 aromatic heterocycles. The third-order valence-corrected chi connectivity index (χ3v) is 4.61. The van der Waals surface area contributed by atoms with Crippen LogP contribution >= 0.6 is 0 Å². The van der Waals surface area contributed by atoms with Crippen LogP contribution in [0.1, 0.15) is 19.8 Å². The molecular formula is C20H23NO6. The molecule has 7 nitrogen and oxygen atoms in total. The molecule has 3 rings (SSSR count). The van der Waals surface area contributed by atoms with Gasteiger partial charge in [-0.15, -0.1) is 0 Å². The minimum absolute atomic E-state index is 0.00741. The SMILES string of the molecule is CC(CCC(O)COc1ccc([N+](=O)[O-])cc1)C1COc2ccccc2O1. The molecule has 1 aliphatic rings. The summed E-state index contributed by atoms with van der Waals surface area (Å²) in [6.07, 6.45) is 0.651. The van der Waals surface area contributed by atoms with Crippen molar-refractivity contribution in [2.45, 2.75) is 32.0 Å². The second kappa shape index (κ2) is 8.73. The molecule has 0 spiro atoms. The molecule has 3 atom stereocenters. The Morgan fingerprint density at radius 1 is 1.19 bits per heavy atom. The van der Waals surface area contributed by atoms with Crippen LogP contribution in [-0.4, -0.2) is 35.5 Å². The summed E-state index contributed by atoms with van der Waals surface area (Å²) in [6.45, 7) is 2.70. The van der Waals surface area contributed by atoms with E-state index >= 15 is 0 Å². The highest BCUT2D eigenvalue weighted by Gasteiger charge is 2.26. The second-order valence-corrected chi connectivity index (χ2v) is 6.68. The lowest BCUT2D eigenvalue weighted by Gasteiger charge is -2.30. The number of para-hydroxylation sites is 2. The molecule has 2 aromatic rings. The minimum atomic E-state index is -0.626. The van der Waals surface area contributed by atoms with Gasteiger partial charge in [-0.2, -0.15) is 0 Å². The Morgan fingerprint density at radius 2 is 1.89 bits per heavy atom. The quantitative estimate of drug-likeness (QED) is 0.562. The molecule has 144 valence electrons. The minimum Gasteiger partial charge on any atom is -0.491 e. The largest absolute Gasteiger partial charge is 0.491 e. The van der Waals surface area contributed by atoms with E-state index in [1.54, 1.807) is 0 Å². The molecule has 2 aromatic carbocycles. The summed E-state index contributed by atoms with van der Waals surface area (Å²) in [5.74, 6) is 2.22. The van der Waals surface area contributed by atoms with E-state index in [0.717, 1.165) is 17.9 Å². The molecule has 1 heterocycles. The Balaban J connectivity index is 1.41. The maximum atomic E-state index is 10.6. The predicted octanol–water partition coefficient (Wildman–Crippen LogP) is 3.59. The molecule has 1 aliphatic heterocycles. The van der Waals surface area contributed by atoms with E-state index in [2.05, 4.69) is 6.92 Å². The molecule has 27 heavy (non-hydrogen) atoms. The summed E-state index contributed by atoms with van der Waals surface area (Å²) in [5, 5.41) is 20.8. The zero-order chi connectivity index (χ0) is 19.2. The van der Waals surface area contributed by atoms with Gasteiger partial charge in [-0.3, -0.25) is 10.1 Å². The smallest absolute Gasteiger partial charge is 0.269 e. The highest BCUT2D eigenvalue weighted by atomic mass is 16.6. The van der Waals surface area contributed by atoms with Crippen LogP contribution in [0.5, 0.6) is 17.2 Å².